The Labute approximate surface area is 109 Å². The van der Waals surface area contributed by atoms with E-state index in [0.717, 1.165) is 5.56 Å². The second-order valence-corrected chi connectivity index (χ2v) is 3.78. The number of nitrogens with zero attached hydrogens (tertiary/aromatic N) is 1. The quantitative estimate of drug-likeness (QED) is 0.847. The maximum Gasteiger partial charge on any atom is 0.268 e. The number of hydrogen-bond donors (Lipinski definition) is 2. The molecule has 2 rings (SSSR count). The normalized spacial score (nSPS) is 9.95. The van der Waals surface area contributed by atoms with E-state index in [1.807, 2.05) is 0 Å². The molecule has 0 unspecified atom stereocenters. The summed E-state index contributed by atoms with van der Waals surface area (Å²) in [7, 11) is 1.52. The Balaban J connectivity index is 2.06. The first kappa shape index (κ1) is 12.8. The van der Waals surface area contributed by atoms with Gasteiger partial charge in [-0.1, -0.05) is 12.1 Å². The van der Waals surface area contributed by atoms with Crippen molar-refractivity contribution < 1.29 is 9.53 Å². The molecular formula is C13H13N3O3. The second-order valence-electron chi connectivity index (χ2n) is 3.78. The van der Waals surface area contributed by atoms with Crippen LogP contribution in [0.3, 0.4) is 0 Å². The summed E-state index contributed by atoms with van der Waals surface area (Å²) in [6.45, 7) is 0.271. The highest BCUT2D eigenvalue weighted by atomic mass is 16.5. The summed E-state index contributed by atoms with van der Waals surface area (Å²) in [6, 6.07) is 7.98. The zero-order valence-electron chi connectivity index (χ0n) is 10.3. The first-order valence-corrected chi connectivity index (χ1v) is 5.66. The number of ether oxygens (including phenoxy) is 1. The number of hydrogen-bond acceptors (Lipinski definition) is 4. The maximum atomic E-state index is 11.8. The van der Waals surface area contributed by atoms with E-state index in [0.29, 0.717) is 5.88 Å². The third-order valence-corrected chi connectivity index (χ3v) is 2.50. The topological polar surface area (TPSA) is 84.1 Å². The molecule has 0 bridgehead atoms. The summed E-state index contributed by atoms with van der Waals surface area (Å²) in [4.78, 5) is 29.4. The number of aromatic nitrogens is 2. The van der Waals surface area contributed by atoms with Crippen molar-refractivity contribution in [1.29, 1.82) is 0 Å². The van der Waals surface area contributed by atoms with E-state index in [1.165, 1.54) is 25.3 Å². The van der Waals surface area contributed by atoms with Crippen LogP contribution in [0, 0.1) is 0 Å². The van der Waals surface area contributed by atoms with Crippen LogP contribution in [0.25, 0.3) is 0 Å². The third-order valence-electron chi connectivity index (χ3n) is 2.50. The predicted octanol–water partition coefficient (Wildman–Crippen LogP) is 0.709. The van der Waals surface area contributed by atoms with Gasteiger partial charge in [-0.25, -0.2) is 4.98 Å². The van der Waals surface area contributed by atoms with E-state index in [2.05, 4.69) is 15.3 Å². The molecule has 6 heteroatoms. The predicted molar refractivity (Wildman–Crippen MR) is 69.0 cm³/mol. The summed E-state index contributed by atoms with van der Waals surface area (Å²) in [5.74, 6) is 0.105. The Kier molecular flexibility index (Phi) is 3.92. The van der Waals surface area contributed by atoms with Crippen molar-refractivity contribution in [3.05, 3.63) is 58.1 Å². The van der Waals surface area contributed by atoms with E-state index in [9.17, 15) is 9.59 Å². The summed E-state index contributed by atoms with van der Waals surface area (Å²) >= 11 is 0. The van der Waals surface area contributed by atoms with Crippen LogP contribution >= 0.6 is 0 Å². The fraction of sp³-hybridized carbons (Fsp3) is 0.154. The lowest BCUT2D eigenvalue weighted by Crippen LogP contribution is -2.26. The van der Waals surface area contributed by atoms with Crippen LogP contribution in [0.15, 0.2) is 41.3 Å². The van der Waals surface area contributed by atoms with Gasteiger partial charge in [0, 0.05) is 24.4 Å². The monoisotopic (exact) mass is 259 g/mol. The molecule has 2 aromatic rings. The zero-order chi connectivity index (χ0) is 13.7. The minimum absolute atomic E-state index is 0.218. The standard InChI is InChI=1S/C13H13N3O3/c1-19-13-9(4-3-7-14-13)8-15-12(18)10-5-2-6-11(17)16-10/h2-7H,8H2,1H3,(H,15,18)(H,16,17). The van der Waals surface area contributed by atoms with Crippen LogP contribution < -0.4 is 15.6 Å². The van der Waals surface area contributed by atoms with Crippen molar-refractivity contribution >= 4 is 5.91 Å². The van der Waals surface area contributed by atoms with Gasteiger partial charge in [-0.15, -0.1) is 0 Å². The molecule has 0 spiro atoms. The minimum Gasteiger partial charge on any atom is -0.481 e. The van der Waals surface area contributed by atoms with Crippen molar-refractivity contribution in [2.24, 2.45) is 0 Å². The molecule has 0 fully saturated rings. The Morgan fingerprint density at radius 1 is 1.37 bits per heavy atom. The van der Waals surface area contributed by atoms with Crippen molar-refractivity contribution in [1.82, 2.24) is 15.3 Å². The van der Waals surface area contributed by atoms with E-state index >= 15 is 0 Å². The summed E-state index contributed by atoms with van der Waals surface area (Å²) in [6.07, 6.45) is 1.61. The number of rotatable bonds is 4. The number of pyridine rings is 2. The molecule has 0 aliphatic heterocycles. The van der Waals surface area contributed by atoms with Gasteiger partial charge < -0.3 is 15.0 Å². The molecule has 19 heavy (non-hydrogen) atoms. The van der Waals surface area contributed by atoms with Crippen molar-refractivity contribution in [2.75, 3.05) is 7.11 Å². The molecule has 0 saturated heterocycles. The fourth-order valence-electron chi connectivity index (χ4n) is 1.59. The van der Waals surface area contributed by atoms with Crippen LogP contribution in [0.4, 0.5) is 0 Å². The molecule has 0 aliphatic rings. The molecule has 0 saturated carbocycles. The second kappa shape index (κ2) is 5.81. The van der Waals surface area contributed by atoms with E-state index in [4.69, 9.17) is 4.74 Å². The molecule has 1 amide bonds. The van der Waals surface area contributed by atoms with E-state index < -0.39 is 0 Å². The molecule has 6 nitrogen and oxygen atoms in total. The smallest absolute Gasteiger partial charge is 0.268 e. The number of nitrogens with one attached hydrogen (secondary N) is 2. The molecule has 2 aromatic heterocycles. The lowest BCUT2D eigenvalue weighted by Gasteiger charge is -2.08. The van der Waals surface area contributed by atoms with Gasteiger partial charge >= 0.3 is 0 Å². The molecule has 2 N–H and O–H groups in total. The first-order valence-electron chi connectivity index (χ1n) is 5.66. The molecule has 98 valence electrons. The van der Waals surface area contributed by atoms with Gasteiger partial charge in [0.2, 0.25) is 11.4 Å². The summed E-state index contributed by atoms with van der Waals surface area (Å²) in [5.41, 5.74) is 0.665. The Bertz CT molecular complexity index is 637. The van der Waals surface area contributed by atoms with Crippen molar-refractivity contribution in [3.8, 4) is 5.88 Å². The average Bonchev–Trinajstić information content (AvgIpc) is 2.45. The van der Waals surface area contributed by atoms with Gasteiger partial charge in [-0.2, -0.15) is 0 Å². The summed E-state index contributed by atoms with van der Waals surface area (Å²) < 4.78 is 5.08. The first-order chi connectivity index (χ1) is 9.20. The number of carbonyl (C=O) groups excluding carboxylic acids is 1. The van der Waals surface area contributed by atoms with Crippen LogP contribution in [-0.4, -0.2) is 23.0 Å². The van der Waals surface area contributed by atoms with Gasteiger partial charge in [-0.3, -0.25) is 9.59 Å². The fourth-order valence-corrected chi connectivity index (χ4v) is 1.59. The van der Waals surface area contributed by atoms with Gasteiger partial charge in [0.1, 0.15) is 5.69 Å². The van der Waals surface area contributed by atoms with Crippen molar-refractivity contribution in [2.45, 2.75) is 6.54 Å². The lowest BCUT2D eigenvalue weighted by molar-refractivity contribution is 0.0945. The average molecular weight is 259 g/mol. The number of carbonyl (C=O) groups is 1. The minimum atomic E-state index is -0.358. The largest absolute Gasteiger partial charge is 0.481 e. The molecule has 0 atom stereocenters. The van der Waals surface area contributed by atoms with Crippen molar-refractivity contribution in [3.63, 3.8) is 0 Å². The van der Waals surface area contributed by atoms with Gasteiger partial charge in [0.15, 0.2) is 0 Å². The highest BCUT2D eigenvalue weighted by Crippen LogP contribution is 2.12. The lowest BCUT2D eigenvalue weighted by atomic mass is 10.2. The van der Waals surface area contributed by atoms with Crippen LogP contribution in [0.5, 0.6) is 5.88 Å². The SMILES string of the molecule is COc1ncccc1CNC(=O)c1cccc(=O)[nH]1. The van der Waals surface area contributed by atoms with Crippen LogP contribution in [0.2, 0.25) is 0 Å². The number of H-pyrrole nitrogens is 1. The number of amides is 1. The van der Waals surface area contributed by atoms with E-state index in [1.54, 1.807) is 18.3 Å². The molecule has 0 aromatic carbocycles. The van der Waals surface area contributed by atoms with Crippen LogP contribution in [0.1, 0.15) is 16.1 Å². The number of aromatic amines is 1. The highest BCUT2D eigenvalue weighted by Gasteiger charge is 2.08. The molecule has 2 heterocycles. The molecule has 0 aliphatic carbocycles. The van der Waals surface area contributed by atoms with Crippen LogP contribution in [-0.2, 0) is 6.54 Å². The van der Waals surface area contributed by atoms with Gasteiger partial charge in [-0.05, 0) is 12.1 Å². The van der Waals surface area contributed by atoms with E-state index in [-0.39, 0.29) is 23.7 Å². The Morgan fingerprint density at radius 3 is 2.95 bits per heavy atom. The third kappa shape index (κ3) is 3.19. The maximum absolute atomic E-state index is 11.8. The van der Waals surface area contributed by atoms with Gasteiger partial charge in [0.25, 0.3) is 5.91 Å². The van der Waals surface area contributed by atoms with Gasteiger partial charge in [0.05, 0.1) is 7.11 Å². The Hall–Kier alpha value is -2.63. The Morgan fingerprint density at radius 2 is 2.21 bits per heavy atom. The number of methoxy groups -OCH3 is 1. The zero-order valence-corrected chi connectivity index (χ0v) is 10.3. The molecule has 0 radical (unpaired) electrons. The highest BCUT2D eigenvalue weighted by molar-refractivity contribution is 5.92. The summed E-state index contributed by atoms with van der Waals surface area (Å²) in [5, 5.41) is 2.69. The molecular weight excluding hydrogens is 246 g/mol.